The molecule has 1 saturated heterocycles. The summed E-state index contributed by atoms with van der Waals surface area (Å²) in [5, 5.41) is 20.8. The molecule has 174 valence electrons. The van der Waals surface area contributed by atoms with Crippen molar-refractivity contribution in [1.82, 2.24) is 15.3 Å². The van der Waals surface area contributed by atoms with Crippen LogP contribution in [-0.4, -0.2) is 57.0 Å². The van der Waals surface area contributed by atoms with E-state index in [0.717, 1.165) is 5.39 Å². The molecule has 1 unspecified atom stereocenters. The van der Waals surface area contributed by atoms with Gasteiger partial charge in [0.1, 0.15) is 11.6 Å². The topological polar surface area (TPSA) is 101 Å². The highest BCUT2D eigenvalue weighted by Crippen LogP contribution is 2.33. The molecule has 1 aromatic heterocycles. The molecule has 3 aromatic rings. The highest BCUT2D eigenvalue weighted by molar-refractivity contribution is 5.91. The van der Waals surface area contributed by atoms with Crippen molar-refractivity contribution in [3.63, 3.8) is 0 Å². The van der Waals surface area contributed by atoms with Gasteiger partial charge in [-0.05, 0) is 37.1 Å². The van der Waals surface area contributed by atoms with Crippen molar-refractivity contribution < 1.29 is 28.2 Å². The second kappa shape index (κ2) is 8.51. The summed E-state index contributed by atoms with van der Waals surface area (Å²) in [7, 11) is 0. The van der Waals surface area contributed by atoms with E-state index >= 15 is 0 Å². The number of phenolic OH excluding ortho intramolecular Hbond substituents is 1. The van der Waals surface area contributed by atoms with Crippen LogP contribution in [0.25, 0.3) is 22.3 Å². The van der Waals surface area contributed by atoms with Crippen molar-refractivity contribution in [2.24, 2.45) is 0 Å². The number of aromatic hydroxyl groups is 1. The van der Waals surface area contributed by atoms with E-state index in [-0.39, 0.29) is 5.75 Å². The minimum Gasteiger partial charge on any atom is -0.507 e. The fraction of sp³-hybridized carbons (Fsp3) is 0.348. The highest BCUT2D eigenvalue weighted by Gasteiger charge is 2.61. The summed E-state index contributed by atoms with van der Waals surface area (Å²) < 4.78 is 39.0. The highest BCUT2D eigenvalue weighted by atomic mass is 19.4. The maximum absolute atomic E-state index is 13.0. The molecular weight excluding hydrogens is 437 g/mol. The van der Waals surface area contributed by atoms with Crippen molar-refractivity contribution in [2.75, 3.05) is 18.0 Å². The number of alkyl halides is 3. The van der Waals surface area contributed by atoms with Gasteiger partial charge in [0, 0.05) is 31.4 Å². The molecule has 0 radical (unpaired) electrons. The number of piperidine rings is 1. The number of nitrogens with zero attached hydrogens (tertiary/aromatic N) is 3. The molecule has 7 nitrogen and oxygen atoms in total. The number of aromatic nitrogens is 2. The van der Waals surface area contributed by atoms with Gasteiger partial charge < -0.3 is 20.4 Å². The summed E-state index contributed by atoms with van der Waals surface area (Å²) in [5.41, 5.74) is -2.00. The molecule has 1 atom stereocenters. The van der Waals surface area contributed by atoms with Gasteiger partial charge in [-0.1, -0.05) is 24.3 Å². The number of halogens is 3. The van der Waals surface area contributed by atoms with Crippen molar-refractivity contribution in [3.05, 3.63) is 48.5 Å². The van der Waals surface area contributed by atoms with Gasteiger partial charge in [0.15, 0.2) is 5.82 Å². The van der Waals surface area contributed by atoms with Crippen molar-refractivity contribution in [1.29, 1.82) is 0 Å². The number of para-hydroxylation sites is 2. The molecule has 4 rings (SSSR count). The van der Waals surface area contributed by atoms with E-state index in [0.29, 0.717) is 55.6 Å². The molecule has 1 aliphatic heterocycles. The van der Waals surface area contributed by atoms with Crippen LogP contribution in [0.5, 0.6) is 5.75 Å². The molecule has 2 aromatic carbocycles. The Bertz CT molecular complexity index is 1180. The predicted octanol–water partition coefficient (Wildman–Crippen LogP) is 3.13. The second-order valence-corrected chi connectivity index (χ2v) is 8.26. The molecule has 0 saturated carbocycles. The largest absolute Gasteiger partial charge is 0.507 e. The average molecular weight is 461 g/mol. The number of hydrogen-bond acceptors (Lipinski definition) is 5. The summed E-state index contributed by atoms with van der Waals surface area (Å²) in [6, 6.07) is 13.8. The van der Waals surface area contributed by atoms with Gasteiger partial charge in [-0.2, -0.15) is 13.2 Å². The maximum Gasteiger partial charge on any atom is 0.475 e. The van der Waals surface area contributed by atoms with Gasteiger partial charge in [0.2, 0.25) is 0 Å². The number of fused-ring (bicyclic) bond motifs is 1. The molecule has 0 bridgehead atoms. The normalized spacial score (nSPS) is 17.1. The minimum atomic E-state index is -4.95. The number of nitrogens with one attached hydrogen (secondary N) is 1. The summed E-state index contributed by atoms with van der Waals surface area (Å²) in [6.45, 7) is 1.46. The fourth-order valence-electron chi connectivity index (χ4n) is 3.78. The first-order chi connectivity index (χ1) is 15.6. The van der Waals surface area contributed by atoms with Crippen LogP contribution in [0, 0.1) is 0 Å². The number of rotatable bonds is 4. The number of carbonyl (C=O) groups excluding carboxylic acids is 1. The smallest absolute Gasteiger partial charge is 0.475 e. The SMILES string of the molecule is CC([OH2+])(C(=O)NC1CCN(c2nc(-c3ccccc3O)nc3ccccc23)CC1)C(F)(F)F. The van der Waals surface area contributed by atoms with E-state index in [1.807, 2.05) is 29.2 Å². The Kier molecular flexibility index (Phi) is 5.87. The monoisotopic (exact) mass is 461 g/mol. The number of benzene rings is 2. The molecule has 1 fully saturated rings. The van der Waals surface area contributed by atoms with Gasteiger partial charge in [0.25, 0.3) is 0 Å². The third-order valence-electron chi connectivity index (χ3n) is 5.88. The molecule has 0 aliphatic carbocycles. The summed E-state index contributed by atoms with van der Waals surface area (Å²) in [5.74, 6) is -0.261. The molecule has 33 heavy (non-hydrogen) atoms. The van der Waals surface area contributed by atoms with Crippen LogP contribution in [0.2, 0.25) is 0 Å². The maximum atomic E-state index is 13.0. The van der Waals surface area contributed by atoms with Crippen LogP contribution >= 0.6 is 0 Å². The second-order valence-electron chi connectivity index (χ2n) is 8.26. The summed E-state index contributed by atoms with van der Waals surface area (Å²) >= 11 is 0. The standard InChI is InChI=1S/C23H23F3N4O3/c1-22(33,23(24,25)26)21(32)27-14-10-12-30(13-11-14)20-15-6-2-4-8-17(15)28-19(29-20)16-7-3-5-9-18(16)31/h2-9,14,31,33H,10-13H2,1H3,(H,27,32)/p+1. The number of carbonyl (C=O) groups is 1. The molecule has 1 amide bonds. The zero-order chi connectivity index (χ0) is 23.8. The van der Waals surface area contributed by atoms with Crippen LogP contribution in [0.1, 0.15) is 19.8 Å². The number of anilines is 1. The molecule has 1 aliphatic rings. The zero-order valence-corrected chi connectivity index (χ0v) is 17.9. The van der Waals surface area contributed by atoms with E-state index in [4.69, 9.17) is 10.1 Å². The number of phenols is 1. The first-order valence-corrected chi connectivity index (χ1v) is 10.5. The minimum absolute atomic E-state index is 0.0586. The lowest BCUT2D eigenvalue weighted by molar-refractivity contribution is -0.245. The Balaban J connectivity index is 1.56. The lowest BCUT2D eigenvalue weighted by Crippen LogP contribution is -2.58. The number of amides is 1. The van der Waals surface area contributed by atoms with Gasteiger partial charge in [-0.15, -0.1) is 0 Å². The van der Waals surface area contributed by atoms with Crippen molar-refractivity contribution >= 4 is 22.6 Å². The van der Waals surface area contributed by atoms with E-state index in [2.05, 4.69) is 10.3 Å². The first kappa shape index (κ1) is 22.8. The third-order valence-corrected chi connectivity index (χ3v) is 5.88. The van der Waals surface area contributed by atoms with E-state index in [1.165, 1.54) is 0 Å². The quantitative estimate of drug-likeness (QED) is 0.582. The van der Waals surface area contributed by atoms with Crippen LogP contribution in [0.3, 0.4) is 0 Å². The molecule has 2 heterocycles. The van der Waals surface area contributed by atoms with Crippen LogP contribution in [0.4, 0.5) is 19.0 Å². The zero-order valence-electron chi connectivity index (χ0n) is 17.9. The van der Waals surface area contributed by atoms with Gasteiger partial charge in [-0.3, -0.25) is 4.79 Å². The molecule has 0 spiro atoms. The first-order valence-electron chi connectivity index (χ1n) is 10.5. The fourth-order valence-corrected chi connectivity index (χ4v) is 3.78. The Morgan fingerprint density at radius 1 is 1.09 bits per heavy atom. The van der Waals surface area contributed by atoms with E-state index in [1.54, 1.807) is 24.3 Å². The van der Waals surface area contributed by atoms with Crippen molar-refractivity contribution in [2.45, 2.75) is 37.6 Å². The van der Waals surface area contributed by atoms with E-state index < -0.39 is 23.7 Å². The van der Waals surface area contributed by atoms with Crippen LogP contribution < -0.4 is 10.2 Å². The van der Waals surface area contributed by atoms with E-state index in [9.17, 15) is 23.1 Å². The predicted molar refractivity (Wildman–Crippen MR) is 118 cm³/mol. The molecule has 10 heteroatoms. The van der Waals surface area contributed by atoms with Crippen LogP contribution in [-0.2, 0) is 4.79 Å². The lowest BCUT2D eigenvalue weighted by Gasteiger charge is -2.34. The average Bonchev–Trinajstić information content (AvgIpc) is 2.78. The van der Waals surface area contributed by atoms with Gasteiger partial charge in [0.05, 0.1) is 11.1 Å². The van der Waals surface area contributed by atoms with Gasteiger partial charge in [-0.25, -0.2) is 9.97 Å². The van der Waals surface area contributed by atoms with Crippen LogP contribution in [0.15, 0.2) is 48.5 Å². The summed E-state index contributed by atoms with van der Waals surface area (Å²) in [6.07, 6.45) is -4.13. The Morgan fingerprint density at radius 2 is 1.73 bits per heavy atom. The molecule has 4 N–H and O–H groups in total. The summed E-state index contributed by atoms with van der Waals surface area (Å²) in [4.78, 5) is 23.3. The Morgan fingerprint density at radius 3 is 2.39 bits per heavy atom. The third kappa shape index (κ3) is 4.43. The molecular formula is C23H24F3N4O3+. The van der Waals surface area contributed by atoms with Crippen molar-refractivity contribution in [3.8, 4) is 17.1 Å². The van der Waals surface area contributed by atoms with Gasteiger partial charge >= 0.3 is 17.7 Å². The lowest BCUT2D eigenvalue weighted by atomic mass is 10.0. The Labute approximate surface area is 187 Å². The number of hydrogen-bond donors (Lipinski definition) is 2. The Hall–Kier alpha value is -3.40.